The average molecular weight is 390 g/mol. The van der Waals surface area contributed by atoms with Crippen molar-refractivity contribution in [2.24, 2.45) is 0 Å². The van der Waals surface area contributed by atoms with Gasteiger partial charge in [-0.15, -0.1) is 0 Å². The summed E-state index contributed by atoms with van der Waals surface area (Å²) in [5.74, 6) is 0.139. The summed E-state index contributed by atoms with van der Waals surface area (Å²) in [5, 5.41) is 14.5. The fourth-order valence-electron chi connectivity index (χ4n) is 2.99. The number of amides is 1. The van der Waals surface area contributed by atoms with Crippen molar-refractivity contribution in [2.75, 3.05) is 18.2 Å². The largest absolute Gasteiger partial charge is 0.497 e. The molecule has 1 aromatic heterocycles. The number of aromatic nitrogens is 2. The minimum atomic E-state index is -0.762. The zero-order chi connectivity index (χ0) is 19.6. The number of ether oxygens (including phenoxy) is 1. The van der Waals surface area contributed by atoms with Crippen molar-refractivity contribution in [2.45, 2.75) is 30.8 Å². The third-order valence-electron chi connectivity index (χ3n) is 4.18. The van der Waals surface area contributed by atoms with Gasteiger partial charge in [0.05, 0.1) is 23.7 Å². The Morgan fingerprint density at radius 2 is 2.19 bits per heavy atom. The summed E-state index contributed by atoms with van der Waals surface area (Å²) in [6.45, 7) is 2.00. The highest BCUT2D eigenvalue weighted by molar-refractivity contribution is 7.99. The highest BCUT2D eigenvalue weighted by Crippen LogP contribution is 2.39. The molecular weight excluding hydrogens is 372 g/mol. The smallest absolute Gasteiger partial charge is 0.276 e. The Kier molecular flexibility index (Phi) is 5.45. The van der Waals surface area contributed by atoms with E-state index in [2.05, 4.69) is 15.3 Å². The van der Waals surface area contributed by atoms with Crippen molar-refractivity contribution in [3.8, 4) is 5.75 Å². The Morgan fingerprint density at radius 3 is 2.85 bits per heavy atom. The predicted octanol–water partition coefficient (Wildman–Crippen LogP) is 2.66. The molecule has 0 fully saturated rings. The van der Waals surface area contributed by atoms with Gasteiger partial charge in [0.25, 0.3) is 11.2 Å². The van der Waals surface area contributed by atoms with Crippen LogP contribution in [0.5, 0.6) is 5.75 Å². The average Bonchev–Trinajstić information content (AvgIpc) is 2.64. The van der Waals surface area contributed by atoms with Crippen molar-refractivity contribution in [1.82, 2.24) is 9.97 Å². The van der Waals surface area contributed by atoms with Gasteiger partial charge in [-0.25, -0.2) is 4.98 Å². The summed E-state index contributed by atoms with van der Waals surface area (Å²) in [4.78, 5) is 42.9. The number of nitrogens with one attached hydrogen (secondary N) is 2. The lowest BCUT2D eigenvalue weighted by Crippen LogP contribution is -2.31. The van der Waals surface area contributed by atoms with E-state index in [9.17, 15) is 19.7 Å². The number of benzene rings is 1. The van der Waals surface area contributed by atoms with E-state index >= 15 is 0 Å². The van der Waals surface area contributed by atoms with Crippen molar-refractivity contribution in [3.63, 3.8) is 0 Å². The van der Waals surface area contributed by atoms with Crippen molar-refractivity contribution in [3.05, 3.63) is 49.8 Å². The Hall–Kier alpha value is -2.88. The molecule has 0 radical (unpaired) electrons. The third-order valence-corrected chi connectivity index (χ3v) is 5.26. The minimum Gasteiger partial charge on any atom is -0.497 e. The van der Waals surface area contributed by atoms with Crippen LogP contribution in [-0.4, -0.2) is 33.7 Å². The van der Waals surface area contributed by atoms with E-state index in [0.29, 0.717) is 10.9 Å². The number of anilines is 1. The zero-order valence-corrected chi connectivity index (χ0v) is 15.6. The van der Waals surface area contributed by atoms with Crippen LogP contribution in [0.25, 0.3) is 0 Å². The number of hydrogen-bond acceptors (Lipinski definition) is 7. The molecule has 2 aromatic rings. The minimum absolute atomic E-state index is 0.0770. The Balaban J connectivity index is 2.13. The van der Waals surface area contributed by atoms with Crippen LogP contribution < -0.4 is 15.6 Å². The second-order valence-corrected chi connectivity index (χ2v) is 7.05. The number of hydrogen-bond donors (Lipinski definition) is 2. The highest BCUT2D eigenvalue weighted by atomic mass is 32.2. The number of carbonyl (C=O) groups is 1. The van der Waals surface area contributed by atoms with Gasteiger partial charge in [0.1, 0.15) is 11.6 Å². The van der Waals surface area contributed by atoms with Gasteiger partial charge in [0.2, 0.25) is 5.91 Å². The van der Waals surface area contributed by atoms with Gasteiger partial charge in [-0.05, 0) is 18.6 Å². The number of methoxy groups -OCH3 is 1. The standard InChI is InChI=1S/C17H18N4O5S/c1-3-6-27-17-19-15-14(16(23)20-17)11(8-13(22)18-15)10-5-4-9(26-2)7-12(10)21(24)25/h4-5,7,11H,3,6,8H2,1-2H3,(H2,18,19,20,22,23)/t11-/m0/s1. The SMILES string of the molecule is CCCSc1nc2c(c(=O)[nH]1)[C@H](c1ccc(OC)cc1[N+](=O)[O-])CC(=O)N2. The maximum Gasteiger partial charge on any atom is 0.276 e. The number of rotatable bonds is 6. The molecular formula is C17H18N4O5S. The van der Waals surface area contributed by atoms with Gasteiger partial charge >= 0.3 is 0 Å². The molecule has 0 aliphatic carbocycles. The first-order valence-corrected chi connectivity index (χ1v) is 9.32. The molecule has 1 aromatic carbocycles. The first-order valence-electron chi connectivity index (χ1n) is 8.33. The van der Waals surface area contributed by atoms with E-state index in [4.69, 9.17) is 4.74 Å². The molecule has 0 saturated carbocycles. The Labute approximate surface area is 158 Å². The fourth-order valence-corrected chi connectivity index (χ4v) is 3.70. The summed E-state index contributed by atoms with van der Waals surface area (Å²) in [5.41, 5.74) is -0.112. The molecule has 1 atom stereocenters. The van der Waals surface area contributed by atoms with E-state index in [1.54, 1.807) is 6.07 Å². The molecule has 9 nitrogen and oxygen atoms in total. The number of thioether (sulfide) groups is 1. The molecule has 1 aliphatic heterocycles. The maximum absolute atomic E-state index is 12.7. The summed E-state index contributed by atoms with van der Waals surface area (Å²) < 4.78 is 5.05. The van der Waals surface area contributed by atoms with Gasteiger partial charge in [-0.2, -0.15) is 0 Å². The molecule has 2 N–H and O–H groups in total. The molecule has 0 spiro atoms. The zero-order valence-electron chi connectivity index (χ0n) is 14.8. The lowest BCUT2D eigenvalue weighted by molar-refractivity contribution is -0.385. The number of H-pyrrole nitrogens is 1. The summed E-state index contributed by atoms with van der Waals surface area (Å²) in [6, 6.07) is 4.37. The molecule has 10 heteroatoms. The second kappa shape index (κ2) is 7.78. The van der Waals surface area contributed by atoms with Crippen LogP contribution in [0.1, 0.15) is 36.8 Å². The van der Waals surface area contributed by atoms with Gasteiger partial charge in [-0.3, -0.25) is 19.7 Å². The molecule has 1 amide bonds. The number of nitrogens with zero attached hydrogens (tertiary/aromatic N) is 2. The summed E-state index contributed by atoms with van der Waals surface area (Å²) >= 11 is 1.38. The quantitative estimate of drug-likeness (QED) is 0.336. The summed E-state index contributed by atoms with van der Waals surface area (Å²) in [6.07, 6.45) is 0.824. The predicted molar refractivity (Wildman–Crippen MR) is 101 cm³/mol. The van der Waals surface area contributed by atoms with Crippen LogP contribution in [0.3, 0.4) is 0 Å². The molecule has 0 saturated heterocycles. The second-order valence-electron chi connectivity index (χ2n) is 5.97. The first-order chi connectivity index (χ1) is 12.9. The topological polar surface area (TPSA) is 127 Å². The van der Waals surface area contributed by atoms with E-state index in [-0.39, 0.29) is 35.0 Å². The maximum atomic E-state index is 12.7. The summed E-state index contributed by atoms with van der Waals surface area (Å²) in [7, 11) is 1.41. The molecule has 1 aliphatic rings. The van der Waals surface area contributed by atoms with E-state index in [1.807, 2.05) is 6.92 Å². The van der Waals surface area contributed by atoms with Crippen LogP contribution in [0.4, 0.5) is 11.5 Å². The van der Waals surface area contributed by atoms with E-state index < -0.39 is 16.4 Å². The molecule has 0 unspecified atom stereocenters. The highest BCUT2D eigenvalue weighted by Gasteiger charge is 2.35. The van der Waals surface area contributed by atoms with Gasteiger partial charge in [-0.1, -0.05) is 18.7 Å². The van der Waals surface area contributed by atoms with Crippen LogP contribution in [0, 0.1) is 10.1 Å². The lowest BCUT2D eigenvalue weighted by atomic mass is 9.86. The first kappa shape index (κ1) is 18.9. The molecule has 0 bridgehead atoms. The van der Waals surface area contributed by atoms with Gasteiger partial charge in [0.15, 0.2) is 5.16 Å². The van der Waals surface area contributed by atoms with Crippen molar-refractivity contribution >= 4 is 29.2 Å². The molecule has 2 heterocycles. The monoisotopic (exact) mass is 390 g/mol. The lowest BCUT2D eigenvalue weighted by Gasteiger charge is -2.24. The molecule has 3 rings (SSSR count). The molecule has 27 heavy (non-hydrogen) atoms. The van der Waals surface area contributed by atoms with Gasteiger partial charge in [0, 0.05) is 23.7 Å². The number of fused-ring (bicyclic) bond motifs is 1. The van der Waals surface area contributed by atoms with Crippen LogP contribution in [0.15, 0.2) is 28.2 Å². The number of aromatic amines is 1. The Morgan fingerprint density at radius 1 is 1.41 bits per heavy atom. The Bertz CT molecular complexity index is 959. The van der Waals surface area contributed by atoms with Crippen LogP contribution in [0.2, 0.25) is 0 Å². The van der Waals surface area contributed by atoms with Crippen molar-refractivity contribution in [1.29, 1.82) is 0 Å². The van der Waals surface area contributed by atoms with E-state index in [0.717, 1.165) is 12.2 Å². The van der Waals surface area contributed by atoms with E-state index in [1.165, 1.54) is 31.0 Å². The van der Waals surface area contributed by atoms with Crippen molar-refractivity contribution < 1.29 is 14.5 Å². The molecule has 142 valence electrons. The van der Waals surface area contributed by atoms with Crippen LogP contribution in [-0.2, 0) is 4.79 Å². The third kappa shape index (κ3) is 3.80. The fraction of sp³-hybridized carbons (Fsp3) is 0.353. The number of nitro groups is 1. The number of nitro benzene ring substituents is 1. The normalized spacial score (nSPS) is 15.8. The van der Waals surface area contributed by atoms with Gasteiger partial charge < -0.3 is 15.0 Å². The number of carbonyl (C=O) groups excluding carboxylic acids is 1. The van der Waals surface area contributed by atoms with Crippen LogP contribution >= 0.6 is 11.8 Å².